The highest BCUT2D eigenvalue weighted by Crippen LogP contribution is 2.04. The van der Waals surface area contributed by atoms with E-state index in [9.17, 15) is 0 Å². The number of rotatable bonds is 2. The number of aliphatic hydroxyl groups is 1. The van der Waals surface area contributed by atoms with Crippen molar-refractivity contribution >= 4 is 0 Å². The van der Waals surface area contributed by atoms with Crippen LogP contribution in [0.5, 0.6) is 0 Å². The fourth-order valence-electron chi connectivity index (χ4n) is 0.188. The smallest absolute Gasteiger partial charge is 0.0781 e. The van der Waals surface area contributed by atoms with Crippen molar-refractivity contribution in [2.24, 2.45) is 0 Å². The van der Waals surface area contributed by atoms with E-state index in [0.29, 0.717) is 12.7 Å². The van der Waals surface area contributed by atoms with Gasteiger partial charge in [-0.05, 0) is 6.92 Å². The van der Waals surface area contributed by atoms with Gasteiger partial charge in [-0.2, -0.15) is 0 Å². The lowest BCUT2D eigenvalue weighted by Crippen LogP contribution is -1.91. The summed E-state index contributed by atoms with van der Waals surface area (Å²) in [5, 5.41) is 7.94. The Balaban J connectivity index is 0.000000144. The van der Waals surface area contributed by atoms with Crippen LogP contribution in [0, 0.1) is 0 Å². The summed E-state index contributed by atoms with van der Waals surface area (Å²) in [7, 11) is 1.55. The zero-order valence-corrected chi connectivity index (χ0v) is 5.96. The molecule has 3 heteroatoms. The predicted molar refractivity (Wildman–Crippen MR) is 34.4 cm³/mol. The molecule has 1 fully saturated rings. The van der Waals surface area contributed by atoms with Gasteiger partial charge in [0.25, 0.3) is 0 Å². The molecule has 1 atom stereocenters. The molecule has 0 aliphatic carbocycles. The molecule has 0 aromatic rings. The molecule has 9 heavy (non-hydrogen) atoms. The molecule has 1 aliphatic heterocycles. The van der Waals surface area contributed by atoms with Gasteiger partial charge in [-0.1, -0.05) is 0 Å². The van der Waals surface area contributed by atoms with Gasteiger partial charge in [0, 0.05) is 7.11 Å². The van der Waals surface area contributed by atoms with Crippen molar-refractivity contribution in [2.45, 2.75) is 13.0 Å². The molecular weight excluding hydrogens is 120 g/mol. The van der Waals surface area contributed by atoms with E-state index in [1.807, 2.05) is 0 Å². The molecule has 0 spiro atoms. The van der Waals surface area contributed by atoms with Crippen LogP contribution in [-0.2, 0) is 9.47 Å². The molecule has 1 aliphatic rings. The van der Waals surface area contributed by atoms with Crippen LogP contribution in [0.25, 0.3) is 0 Å². The highest BCUT2D eigenvalue weighted by Gasteiger charge is 2.13. The normalized spacial score (nSPS) is 22.3. The van der Waals surface area contributed by atoms with Crippen molar-refractivity contribution in [1.29, 1.82) is 0 Å². The van der Waals surface area contributed by atoms with Crippen LogP contribution in [0.3, 0.4) is 0 Å². The van der Waals surface area contributed by atoms with Gasteiger partial charge >= 0.3 is 0 Å². The molecular formula is C6H14O3. The van der Waals surface area contributed by atoms with Gasteiger partial charge < -0.3 is 14.6 Å². The number of ether oxygens (including phenoxy) is 2. The lowest BCUT2D eigenvalue weighted by molar-refractivity contribution is 0.135. The third-order valence-electron chi connectivity index (χ3n) is 0.795. The molecule has 56 valence electrons. The SMILES string of the molecule is CC1CO1.COCCO. The second-order valence-electron chi connectivity index (χ2n) is 1.86. The van der Waals surface area contributed by atoms with E-state index in [1.54, 1.807) is 7.11 Å². The van der Waals surface area contributed by atoms with Crippen molar-refractivity contribution in [3.63, 3.8) is 0 Å². The quantitative estimate of drug-likeness (QED) is 0.542. The first-order valence-electron chi connectivity index (χ1n) is 3.02. The summed E-state index contributed by atoms with van der Waals surface area (Å²) in [6.07, 6.45) is 0.583. The summed E-state index contributed by atoms with van der Waals surface area (Å²) in [6, 6.07) is 0. The Hall–Kier alpha value is -0.120. The number of hydrogen-bond donors (Lipinski definition) is 1. The topological polar surface area (TPSA) is 42.0 Å². The molecule has 3 nitrogen and oxygen atoms in total. The molecule has 0 saturated carbocycles. The van der Waals surface area contributed by atoms with Crippen molar-refractivity contribution in [1.82, 2.24) is 0 Å². The number of hydrogen-bond acceptors (Lipinski definition) is 3. The largest absolute Gasteiger partial charge is 0.394 e. The van der Waals surface area contributed by atoms with Crippen LogP contribution in [0.15, 0.2) is 0 Å². The number of aliphatic hydroxyl groups excluding tert-OH is 1. The fourth-order valence-corrected chi connectivity index (χ4v) is 0.188. The second kappa shape index (κ2) is 6.01. The molecule has 1 heterocycles. The van der Waals surface area contributed by atoms with E-state index in [2.05, 4.69) is 11.7 Å². The van der Waals surface area contributed by atoms with Crippen molar-refractivity contribution < 1.29 is 14.6 Å². The molecule has 0 amide bonds. The van der Waals surface area contributed by atoms with Gasteiger partial charge in [-0.25, -0.2) is 0 Å². The summed E-state index contributed by atoms with van der Waals surface area (Å²) in [4.78, 5) is 0. The molecule has 1 unspecified atom stereocenters. The van der Waals surface area contributed by atoms with E-state index < -0.39 is 0 Å². The Morgan fingerprint density at radius 3 is 2.22 bits per heavy atom. The van der Waals surface area contributed by atoms with Crippen molar-refractivity contribution in [2.75, 3.05) is 26.9 Å². The van der Waals surface area contributed by atoms with E-state index in [0.717, 1.165) is 6.61 Å². The zero-order valence-electron chi connectivity index (χ0n) is 5.96. The fraction of sp³-hybridized carbons (Fsp3) is 1.00. The summed E-state index contributed by atoms with van der Waals surface area (Å²) < 4.78 is 9.15. The monoisotopic (exact) mass is 134 g/mol. The maximum Gasteiger partial charge on any atom is 0.0781 e. The Morgan fingerprint density at radius 1 is 1.78 bits per heavy atom. The summed E-state index contributed by atoms with van der Waals surface area (Å²) >= 11 is 0. The third-order valence-corrected chi connectivity index (χ3v) is 0.795. The maximum atomic E-state index is 7.94. The Labute approximate surface area is 55.6 Å². The molecule has 0 aromatic heterocycles. The first-order valence-corrected chi connectivity index (χ1v) is 3.02. The number of methoxy groups -OCH3 is 1. The first-order chi connectivity index (χ1) is 4.31. The van der Waals surface area contributed by atoms with E-state index >= 15 is 0 Å². The van der Waals surface area contributed by atoms with E-state index in [1.165, 1.54) is 0 Å². The average molecular weight is 134 g/mol. The predicted octanol–water partition coefficient (Wildman–Crippen LogP) is 0.0302. The summed E-state index contributed by atoms with van der Waals surface area (Å²) in [5.41, 5.74) is 0. The van der Waals surface area contributed by atoms with Gasteiger partial charge in [-0.15, -0.1) is 0 Å². The molecule has 1 N–H and O–H groups in total. The molecule has 0 radical (unpaired) electrons. The minimum absolute atomic E-state index is 0.122. The van der Waals surface area contributed by atoms with Gasteiger partial charge in [-0.3, -0.25) is 0 Å². The zero-order chi connectivity index (χ0) is 7.11. The molecule has 1 saturated heterocycles. The van der Waals surface area contributed by atoms with Crippen LogP contribution in [-0.4, -0.2) is 38.1 Å². The maximum absolute atomic E-state index is 7.94. The average Bonchev–Trinajstić information content (AvgIpc) is 2.55. The Morgan fingerprint density at radius 2 is 2.22 bits per heavy atom. The van der Waals surface area contributed by atoms with Crippen molar-refractivity contribution in [3.05, 3.63) is 0 Å². The third kappa shape index (κ3) is 11.4. The van der Waals surface area contributed by atoms with Gasteiger partial charge in [0.15, 0.2) is 0 Å². The number of epoxide rings is 1. The summed E-state index contributed by atoms with van der Waals surface area (Å²) in [5.74, 6) is 0. The van der Waals surface area contributed by atoms with Crippen LogP contribution in [0.2, 0.25) is 0 Å². The van der Waals surface area contributed by atoms with Crippen LogP contribution >= 0.6 is 0 Å². The summed E-state index contributed by atoms with van der Waals surface area (Å²) in [6.45, 7) is 3.61. The lowest BCUT2D eigenvalue weighted by atomic mass is 10.6. The van der Waals surface area contributed by atoms with E-state index in [4.69, 9.17) is 9.84 Å². The van der Waals surface area contributed by atoms with Crippen LogP contribution in [0.1, 0.15) is 6.92 Å². The minimum Gasteiger partial charge on any atom is -0.394 e. The first kappa shape index (κ1) is 8.88. The highest BCUT2D eigenvalue weighted by molar-refractivity contribution is 4.58. The second-order valence-corrected chi connectivity index (χ2v) is 1.86. The van der Waals surface area contributed by atoms with Gasteiger partial charge in [0.2, 0.25) is 0 Å². The standard InChI is InChI=1S/C3H8O2.C3H6O/c1-5-3-2-4;1-3-2-4-3/h4H,2-3H2,1H3;3H,2H2,1H3. The molecule has 0 aromatic carbocycles. The minimum atomic E-state index is 0.122. The van der Waals surface area contributed by atoms with Crippen LogP contribution in [0.4, 0.5) is 0 Å². The Bertz CT molecular complexity index is 50.3. The lowest BCUT2D eigenvalue weighted by Gasteiger charge is -1.84. The van der Waals surface area contributed by atoms with Gasteiger partial charge in [0.1, 0.15) is 0 Å². The molecule has 0 bridgehead atoms. The van der Waals surface area contributed by atoms with Crippen LogP contribution < -0.4 is 0 Å². The Kier molecular flexibility index (Phi) is 5.93. The molecule has 1 rings (SSSR count). The highest BCUT2D eigenvalue weighted by atomic mass is 16.6. The van der Waals surface area contributed by atoms with Gasteiger partial charge in [0.05, 0.1) is 25.9 Å². The van der Waals surface area contributed by atoms with Crippen molar-refractivity contribution in [3.8, 4) is 0 Å². The van der Waals surface area contributed by atoms with E-state index in [-0.39, 0.29) is 6.61 Å².